The van der Waals surface area contributed by atoms with E-state index in [-0.39, 0.29) is 28.5 Å². The molecule has 6 nitrogen and oxygen atoms in total. The number of alkyl halides is 3. The number of anilines is 2. The van der Waals surface area contributed by atoms with Crippen LogP contribution in [0.5, 0.6) is 0 Å². The van der Waals surface area contributed by atoms with E-state index in [9.17, 15) is 22.4 Å². The van der Waals surface area contributed by atoms with E-state index in [1.165, 1.54) is 18.4 Å². The smallest absolute Gasteiger partial charge is 0.410 e. The predicted octanol–water partition coefficient (Wildman–Crippen LogP) is 5.18. The monoisotopic (exact) mass is 428 g/mol. The van der Waals surface area contributed by atoms with Gasteiger partial charge in [0, 0.05) is 12.1 Å². The number of hydrogen-bond acceptors (Lipinski definition) is 4. The van der Waals surface area contributed by atoms with E-state index >= 15 is 0 Å². The topological polar surface area (TPSA) is 72.1 Å². The number of fused-ring (bicyclic) bond motifs is 1. The number of hydrogen-bond donors (Lipinski definition) is 2. The molecule has 2 aromatic heterocycles. The molecule has 11 heteroatoms. The largest absolute Gasteiger partial charge is 0.467 e. The number of aromatic nitrogens is 2. The van der Waals surface area contributed by atoms with Crippen LogP contribution in [0.3, 0.4) is 0 Å². The molecule has 0 saturated heterocycles. The Morgan fingerprint density at radius 3 is 2.79 bits per heavy atom. The van der Waals surface area contributed by atoms with Crippen LogP contribution in [0, 0.1) is 5.82 Å². The van der Waals surface area contributed by atoms with Gasteiger partial charge in [-0.15, -0.1) is 0 Å². The van der Waals surface area contributed by atoms with Crippen LogP contribution in [0.1, 0.15) is 34.6 Å². The van der Waals surface area contributed by atoms with E-state index in [1.54, 1.807) is 12.1 Å². The van der Waals surface area contributed by atoms with Gasteiger partial charge in [0.1, 0.15) is 23.0 Å². The lowest BCUT2D eigenvalue weighted by Crippen LogP contribution is -2.36. The zero-order valence-electron chi connectivity index (χ0n) is 14.5. The van der Waals surface area contributed by atoms with Crippen LogP contribution >= 0.6 is 11.6 Å². The summed E-state index contributed by atoms with van der Waals surface area (Å²) in [6.07, 6.45) is -2.52. The van der Waals surface area contributed by atoms with Gasteiger partial charge in [0.05, 0.1) is 23.5 Å². The molecule has 1 amide bonds. The van der Waals surface area contributed by atoms with Crippen LogP contribution in [-0.4, -0.2) is 21.9 Å². The Labute approximate surface area is 166 Å². The first-order valence-corrected chi connectivity index (χ1v) is 8.82. The minimum Gasteiger partial charge on any atom is -0.467 e. The van der Waals surface area contributed by atoms with Gasteiger partial charge in [-0.1, -0.05) is 11.6 Å². The van der Waals surface area contributed by atoms with E-state index < -0.39 is 30.0 Å². The van der Waals surface area contributed by atoms with Gasteiger partial charge < -0.3 is 15.1 Å². The number of rotatable bonds is 3. The van der Waals surface area contributed by atoms with Crippen molar-refractivity contribution in [2.45, 2.75) is 24.7 Å². The highest BCUT2D eigenvalue weighted by Crippen LogP contribution is 2.44. The van der Waals surface area contributed by atoms with Crippen LogP contribution < -0.4 is 10.6 Å². The average molecular weight is 429 g/mol. The van der Waals surface area contributed by atoms with Crippen molar-refractivity contribution >= 4 is 29.0 Å². The number of amides is 1. The Morgan fingerprint density at radius 2 is 2.14 bits per heavy atom. The molecule has 3 heterocycles. The van der Waals surface area contributed by atoms with E-state index in [0.717, 1.165) is 16.9 Å². The Hall–Kier alpha value is -3.01. The lowest BCUT2D eigenvalue weighted by atomic mass is 10.0. The maximum atomic E-state index is 13.6. The van der Waals surface area contributed by atoms with Crippen molar-refractivity contribution in [1.29, 1.82) is 0 Å². The molecule has 0 radical (unpaired) electrons. The zero-order chi connectivity index (χ0) is 20.8. The maximum Gasteiger partial charge on any atom is 0.410 e. The van der Waals surface area contributed by atoms with Crippen molar-refractivity contribution in [2.24, 2.45) is 0 Å². The summed E-state index contributed by atoms with van der Waals surface area (Å²) in [6.45, 7) is 0. The molecule has 152 valence electrons. The van der Waals surface area contributed by atoms with Gasteiger partial charge in [0.2, 0.25) is 0 Å². The molecule has 0 saturated carbocycles. The third-order valence-corrected chi connectivity index (χ3v) is 4.84. The fourth-order valence-electron chi connectivity index (χ4n) is 3.18. The average Bonchev–Trinajstić information content (AvgIpc) is 3.32. The second kappa shape index (κ2) is 7.11. The molecule has 3 aromatic rings. The van der Waals surface area contributed by atoms with Gasteiger partial charge in [0.15, 0.2) is 6.04 Å². The summed E-state index contributed by atoms with van der Waals surface area (Å²) in [5.41, 5.74) is 0.0862. The molecule has 0 aliphatic carbocycles. The number of halogens is 5. The summed E-state index contributed by atoms with van der Waals surface area (Å²) >= 11 is 5.69. The zero-order valence-corrected chi connectivity index (χ0v) is 15.3. The van der Waals surface area contributed by atoms with Crippen molar-refractivity contribution in [1.82, 2.24) is 9.78 Å². The van der Waals surface area contributed by atoms with Gasteiger partial charge >= 0.3 is 6.18 Å². The molecule has 2 atom stereocenters. The molecule has 0 fully saturated rings. The Balaban J connectivity index is 1.67. The Morgan fingerprint density at radius 1 is 1.34 bits per heavy atom. The van der Waals surface area contributed by atoms with E-state index in [2.05, 4.69) is 15.7 Å². The van der Waals surface area contributed by atoms with Gasteiger partial charge in [-0.3, -0.25) is 4.79 Å². The molecule has 1 aliphatic heterocycles. The van der Waals surface area contributed by atoms with E-state index in [4.69, 9.17) is 16.0 Å². The first kappa shape index (κ1) is 19.3. The Kier molecular flexibility index (Phi) is 4.73. The maximum absolute atomic E-state index is 13.6. The lowest BCUT2D eigenvalue weighted by Gasteiger charge is -2.32. The third-order valence-electron chi connectivity index (χ3n) is 4.55. The molecule has 0 bridgehead atoms. The second-order valence-corrected chi connectivity index (χ2v) is 6.85. The van der Waals surface area contributed by atoms with Crippen LogP contribution in [0.2, 0.25) is 5.02 Å². The molecule has 1 aromatic carbocycles. The molecule has 1 aliphatic rings. The second-order valence-electron chi connectivity index (χ2n) is 6.44. The van der Waals surface area contributed by atoms with Gasteiger partial charge in [0.25, 0.3) is 5.91 Å². The molecule has 0 spiro atoms. The number of benzene rings is 1. The highest BCUT2D eigenvalue weighted by molar-refractivity contribution is 6.31. The normalized spacial score (nSPS) is 18.8. The quantitative estimate of drug-likeness (QED) is 0.564. The first-order chi connectivity index (χ1) is 13.7. The molecule has 29 heavy (non-hydrogen) atoms. The fraction of sp³-hybridized carbons (Fsp3) is 0.222. The standard InChI is InChI=1S/C18H13ClF4N4O2/c19-11-6-9(3-4-12(11)20)25-17(28)10-8-24-27-15(18(21,22)23)7-13(26-16(10)27)14-2-1-5-29-14/h1-6,8,13,15,26H,7H2,(H,25,28)/t13-,15+/m0/s1. The van der Waals surface area contributed by atoms with Crippen molar-refractivity contribution < 1.29 is 26.8 Å². The van der Waals surface area contributed by atoms with Gasteiger partial charge in [-0.25, -0.2) is 9.07 Å². The Bertz CT molecular complexity index is 1050. The SMILES string of the molecule is O=C(Nc1ccc(F)c(Cl)c1)c1cnn2c1N[C@H](c1ccco1)C[C@@H]2C(F)(F)F. The molecule has 4 rings (SSSR count). The van der Waals surface area contributed by atoms with Crippen LogP contribution in [0.15, 0.2) is 47.2 Å². The van der Waals surface area contributed by atoms with Crippen LogP contribution in [0.4, 0.5) is 29.1 Å². The number of carbonyl (C=O) groups excluding carboxylic acids is 1. The highest BCUT2D eigenvalue weighted by atomic mass is 35.5. The predicted molar refractivity (Wildman–Crippen MR) is 96.4 cm³/mol. The molecule has 0 unspecified atom stereocenters. The number of nitrogens with one attached hydrogen (secondary N) is 2. The minimum atomic E-state index is -4.58. The van der Waals surface area contributed by atoms with E-state index in [0.29, 0.717) is 5.76 Å². The summed E-state index contributed by atoms with van der Waals surface area (Å²) in [5, 5.41) is 8.95. The van der Waals surface area contributed by atoms with Gasteiger partial charge in [-0.2, -0.15) is 18.3 Å². The van der Waals surface area contributed by atoms with Crippen LogP contribution in [-0.2, 0) is 0 Å². The summed E-state index contributed by atoms with van der Waals surface area (Å²) < 4.78 is 60.1. The van der Waals surface area contributed by atoms with E-state index in [1.807, 2.05) is 0 Å². The summed E-state index contributed by atoms with van der Waals surface area (Å²) in [5.74, 6) is -1.17. The summed E-state index contributed by atoms with van der Waals surface area (Å²) in [7, 11) is 0. The highest BCUT2D eigenvalue weighted by Gasteiger charge is 2.47. The van der Waals surface area contributed by atoms with Crippen LogP contribution in [0.25, 0.3) is 0 Å². The minimum absolute atomic E-state index is 0.0920. The van der Waals surface area contributed by atoms with Gasteiger partial charge in [-0.05, 0) is 30.3 Å². The number of furan rings is 1. The van der Waals surface area contributed by atoms with Crippen molar-refractivity contribution in [3.8, 4) is 0 Å². The molecular formula is C18H13ClF4N4O2. The molecular weight excluding hydrogens is 416 g/mol. The lowest BCUT2D eigenvalue weighted by molar-refractivity contribution is -0.174. The van der Waals surface area contributed by atoms with Crippen molar-refractivity contribution in [2.75, 3.05) is 10.6 Å². The first-order valence-electron chi connectivity index (χ1n) is 8.44. The third kappa shape index (κ3) is 3.67. The summed E-state index contributed by atoms with van der Waals surface area (Å²) in [4.78, 5) is 12.6. The summed E-state index contributed by atoms with van der Waals surface area (Å²) in [6, 6.07) is 3.93. The molecule has 2 N–H and O–H groups in total. The van der Waals surface area contributed by atoms with Crippen molar-refractivity contribution in [3.05, 3.63) is 65.0 Å². The van der Waals surface area contributed by atoms with Crippen molar-refractivity contribution in [3.63, 3.8) is 0 Å². The number of nitrogens with zero attached hydrogens (tertiary/aromatic N) is 2. The number of carbonyl (C=O) groups is 1. The fourth-order valence-corrected chi connectivity index (χ4v) is 3.36.